The fourth-order valence-corrected chi connectivity index (χ4v) is 2.90. The second kappa shape index (κ2) is 6.18. The third kappa shape index (κ3) is 3.28. The number of hydrogen-bond donors (Lipinski definition) is 1. The molecule has 1 aromatic rings. The Kier molecular flexibility index (Phi) is 4.71. The van der Waals surface area contributed by atoms with Gasteiger partial charge in [-0.05, 0) is 33.7 Å². The normalized spacial score (nSPS) is 19.1. The van der Waals surface area contributed by atoms with Gasteiger partial charge in [0.15, 0.2) is 0 Å². The molecule has 1 N–H and O–H groups in total. The van der Waals surface area contributed by atoms with Crippen molar-refractivity contribution in [2.75, 3.05) is 43.4 Å². The molecular weight excluding hydrogens is 262 g/mol. The summed E-state index contributed by atoms with van der Waals surface area (Å²) in [6, 6.07) is 0. The summed E-state index contributed by atoms with van der Waals surface area (Å²) < 4.78 is 0. The van der Waals surface area contributed by atoms with E-state index in [-0.39, 0.29) is 5.54 Å². The third-order valence-electron chi connectivity index (χ3n) is 4.40. The van der Waals surface area contributed by atoms with Gasteiger partial charge in [0.1, 0.15) is 18.0 Å². The Morgan fingerprint density at radius 1 is 1.29 bits per heavy atom. The van der Waals surface area contributed by atoms with Crippen LogP contribution in [0.3, 0.4) is 0 Å². The lowest BCUT2D eigenvalue weighted by molar-refractivity contribution is 0.138. The van der Waals surface area contributed by atoms with Gasteiger partial charge in [0.05, 0.1) is 0 Å². The van der Waals surface area contributed by atoms with E-state index in [4.69, 9.17) is 0 Å². The number of likely N-dealkylation sites (N-methyl/N-ethyl adjacent to an activating group) is 1. The standard InChI is InChI=1S/C16H29N5/c1-7-17-14-13(12(2)3)15(19-11-18-14)21-9-8-20(6)16(4,5)10-21/h11-12H,7-10H2,1-6H3,(H,17,18,19). The van der Waals surface area contributed by atoms with Crippen molar-refractivity contribution in [3.8, 4) is 0 Å². The highest BCUT2D eigenvalue weighted by molar-refractivity contribution is 5.60. The molecular formula is C16H29N5. The van der Waals surface area contributed by atoms with Gasteiger partial charge in [-0.25, -0.2) is 9.97 Å². The van der Waals surface area contributed by atoms with E-state index in [2.05, 4.69) is 66.8 Å². The zero-order valence-corrected chi connectivity index (χ0v) is 14.3. The van der Waals surface area contributed by atoms with Crippen molar-refractivity contribution in [1.29, 1.82) is 0 Å². The number of hydrogen-bond acceptors (Lipinski definition) is 5. The number of piperazine rings is 1. The summed E-state index contributed by atoms with van der Waals surface area (Å²) in [6.45, 7) is 15.1. The van der Waals surface area contributed by atoms with Crippen molar-refractivity contribution in [3.63, 3.8) is 0 Å². The van der Waals surface area contributed by atoms with Crippen molar-refractivity contribution < 1.29 is 0 Å². The molecule has 0 amide bonds. The molecule has 5 nitrogen and oxygen atoms in total. The second-order valence-corrected chi connectivity index (χ2v) is 6.80. The van der Waals surface area contributed by atoms with Crippen LogP contribution >= 0.6 is 0 Å². The molecule has 5 heteroatoms. The highest BCUT2D eigenvalue weighted by Crippen LogP contribution is 2.33. The molecule has 0 spiro atoms. The zero-order chi connectivity index (χ0) is 15.6. The summed E-state index contributed by atoms with van der Waals surface area (Å²) in [6.07, 6.45) is 1.69. The van der Waals surface area contributed by atoms with E-state index in [1.54, 1.807) is 6.33 Å². The monoisotopic (exact) mass is 291 g/mol. The van der Waals surface area contributed by atoms with E-state index >= 15 is 0 Å². The van der Waals surface area contributed by atoms with Crippen molar-refractivity contribution in [2.45, 2.75) is 46.1 Å². The summed E-state index contributed by atoms with van der Waals surface area (Å²) in [5.74, 6) is 2.48. The predicted molar refractivity (Wildman–Crippen MR) is 89.2 cm³/mol. The first-order valence-corrected chi connectivity index (χ1v) is 7.91. The molecule has 0 bridgehead atoms. The quantitative estimate of drug-likeness (QED) is 0.923. The van der Waals surface area contributed by atoms with E-state index in [1.165, 1.54) is 5.56 Å². The summed E-state index contributed by atoms with van der Waals surface area (Å²) in [4.78, 5) is 13.9. The highest BCUT2D eigenvalue weighted by atomic mass is 15.3. The molecule has 1 aromatic heterocycles. The maximum Gasteiger partial charge on any atom is 0.137 e. The third-order valence-corrected chi connectivity index (χ3v) is 4.40. The first kappa shape index (κ1) is 16.0. The second-order valence-electron chi connectivity index (χ2n) is 6.80. The average molecular weight is 291 g/mol. The van der Waals surface area contributed by atoms with Crippen LogP contribution in [0.2, 0.25) is 0 Å². The fourth-order valence-electron chi connectivity index (χ4n) is 2.90. The summed E-state index contributed by atoms with van der Waals surface area (Å²) in [7, 11) is 2.20. The van der Waals surface area contributed by atoms with Gasteiger partial charge < -0.3 is 10.2 Å². The van der Waals surface area contributed by atoms with E-state index in [1.807, 2.05) is 0 Å². The van der Waals surface area contributed by atoms with E-state index in [0.29, 0.717) is 5.92 Å². The zero-order valence-electron chi connectivity index (χ0n) is 14.3. The van der Waals surface area contributed by atoms with Crippen LogP contribution in [0.5, 0.6) is 0 Å². The Balaban J connectivity index is 2.37. The Hall–Kier alpha value is -1.36. The molecule has 0 radical (unpaired) electrons. The van der Waals surface area contributed by atoms with Gasteiger partial charge >= 0.3 is 0 Å². The van der Waals surface area contributed by atoms with Crippen LogP contribution in [0.25, 0.3) is 0 Å². The molecule has 0 unspecified atom stereocenters. The average Bonchev–Trinajstić information content (AvgIpc) is 2.41. The molecule has 0 atom stereocenters. The molecule has 0 saturated carbocycles. The Morgan fingerprint density at radius 3 is 2.57 bits per heavy atom. The highest BCUT2D eigenvalue weighted by Gasteiger charge is 2.33. The van der Waals surface area contributed by atoms with Gasteiger partial charge in [0.2, 0.25) is 0 Å². The van der Waals surface area contributed by atoms with E-state index in [9.17, 15) is 0 Å². The fraction of sp³-hybridized carbons (Fsp3) is 0.750. The predicted octanol–water partition coefficient (Wildman–Crippen LogP) is 2.56. The van der Waals surface area contributed by atoms with Crippen molar-refractivity contribution in [2.24, 2.45) is 0 Å². The van der Waals surface area contributed by atoms with Gasteiger partial charge in [-0.2, -0.15) is 0 Å². The van der Waals surface area contributed by atoms with Crippen molar-refractivity contribution >= 4 is 11.6 Å². The van der Waals surface area contributed by atoms with Gasteiger partial charge in [-0.1, -0.05) is 13.8 Å². The molecule has 0 aliphatic carbocycles. The molecule has 2 rings (SSSR count). The molecule has 1 fully saturated rings. The first-order chi connectivity index (χ1) is 9.86. The largest absolute Gasteiger partial charge is 0.370 e. The summed E-state index contributed by atoms with van der Waals surface area (Å²) in [5, 5.41) is 3.38. The molecule has 2 heterocycles. The lowest BCUT2D eigenvalue weighted by Gasteiger charge is -2.46. The number of aromatic nitrogens is 2. The van der Waals surface area contributed by atoms with Crippen molar-refractivity contribution in [3.05, 3.63) is 11.9 Å². The molecule has 1 saturated heterocycles. The van der Waals surface area contributed by atoms with Gasteiger partial charge in [0, 0.05) is 37.3 Å². The molecule has 21 heavy (non-hydrogen) atoms. The molecule has 0 aromatic carbocycles. The minimum absolute atomic E-state index is 0.162. The Labute approximate surface area is 128 Å². The molecule has 118 valence electrons. The number of nitrogens with one attached hydrogen (secondary N) is 1. The minimum Gasteiger partial charge on any atom is -0.370 e. The maximum atomic E-state index is 4.61. The van der Waals surface area contributed by atoms with Crippen LogP contribution in [0, 0.1) is 0 Å². The van der Waals surface area contributed by atoms with Crippen molar-refractivity contribution in [1.82, 2.24) is 14.9 Å². The smallest absolute Gasteiger partial charge is 0.137 e. The van der Waals surface area contributed by atoms with Crippen LogP contribution in [0.15, 0.2) is 6.33 Å². The van der Waals surface area contributed by atoms with Gasteiger partial charge in [0.25, 0.3) is 0 Å². The van der Waals surface area contributed by atoms with Crippen LogP contribution in [-0.4, -0.2) is 53.6 Å². The van der Waals surface area contributed by atoms with Crippen LogP contribution < -0.4 is 10.2 Å². The van der Waals surface area contributed by atoms with Crippen LogP contribution in [-0.2, 0) is 0 Å². The number of rotatable bonds is 4. The summed E-state index contributed by atoms with van der Waals surface area (Å²) in [5.41, 5.74) is 1.40. The number of anilines is 2. The maximum absolute atomic E-state index is 4.61. The molecule has 1 aliphatic heterocycles. The lowest BCUT2D eigenvalue weighted by Crippen LogP contribution is -2.58. The van der Waals surface area contributed by atoms with Crippen LogP contribution in [0.1, 0.15) is 46.1 Å². The Morgan fingerprint density at radius 2 is 2.00 bits per heavy atom. The first-order valence-electron chi connectivity index (χ1n) is 7.91. The van der Waals surface area contributed by atoms with Crippen LogP contribution in [0.4, 0.5) is 11.6 Å². The topological polar surface area (TPSA) is 44.3 Å². The van der Waals surface area contributed by atoms with Gasteiger partial charge in [-0.15, -0.1) is 0 Å². The SMILES string of the molecule is CCNc1ncnc(N2CCN(C)C(C)(C)C2)c1C(C)C. The van der Waals surface area contributed by atoms with E-state index < -0.39 is 0 Å². The Bertz CT molecular complexity index is 484. The molecule has 1 aliphatic rings. The number of nitrogens with zero attached hydrogens (tertiary/aromatic N) is 4. The lowest BCUT2D eigenvalue weighted by atomic mass is 9.98. The summed E-state index contributed by atoms with van der Waals surface area (Å²) >= 11 is 0. The van der Waals surface area contributed by atoms with E-state index in [0.717, 1.165) is 37.8 Å². The van der Waals surface area contributed by atoms with Gasteiger partial charge in [-0.3, -0.25) is 4.90 Å². The minimum atomic E-state index is 0.162.